The van der Waals surface area contributed by atoms with Gasteiger partial charge in [-0.15, -0.1) is 0 Å². The molecule has 2 saturated heterocycles. The molecule has 0 radical (unpaired) electrons. The van der Waals surface area contributed by atoms with Gasteiger partial charge in [-0.25, -0.2) is 9.34 Å². The Kier molecular flexibility index (Phi) is 4.64. The quantitative estimate of drug-likeness (QED) is 0.304. The third kappa shape index (κ3) is 3.56. The first-order chi connectivity index (χ1) is 12.9. The highest BCUT2D eigenvalue weighted by molar-refractivity contribution is 7.54. The standard InChI is InChI=1S/C19H22N3O4P/c1-14-5-3-4-6-17(14)18-13-16(7-8-19(18)22(23)24)15(2)26-27(25,20-9-10-20)21-11-12-21/h3-8,13,15H,9-12H2,1-2H3. The fourth-order valence-electron chi connectivity index (χ4n) is 3.23. The summed E-state index contributed by atoms with van der Waals surface area (Å²) >= 11 is 0. The molecule has 0 aromatic heterocycles. The molecule has 2 fully saturated rings. The van der Waals surface area contributed by atoms with Crippen molar-refractivity contribution in [3.63, 3.8) is 0 Å². The number of benzene rings is 2. The molecule has 2 heterocycles. The van der Waals surface area contributed by atoms with Crippen LogP contribution in [0.5, 0.6) is 0 Å². The van der Waals surface area contributed by atoms with Gasteiger partial charge in [0.15, 0.2) is 0 Å². The summed E-state index contributed by atoms with van der Waals surface area (Å²) in [5.41, 5.74) is 3.17. The van der Waals surface area contributed by atoms with Gasteiger partial charge in [0, 0.05) is 32.2 Å². The van der Waals surface area contributed by atoms with Crippen molar-refractivity contribution in [1.29, 1.82) is 0 Å². The smallest absolute Gasteiger partial charge is 0.298 e. The molecule has 142 valence electrons. The number of rotatable bonds is 7. The Labute approximate surface area is 158 Å². The normalized spacial score (nSPS) is 18.3. The molecule has 0 N–H and O–H groups in total. The summed E-state index contributed by atoms with van der Waals surface area (Å²) in [6, 6.07) is 12.6. The van der Waals surface area contributed by atoms with Crippen molar-refractivity contribution >= 4 is 13.4 Å². The first-order valence-corrected chi connectivity index (χ1v) is 10.6. The topological polar surface area (TPSA) is 75.5 Å². The van der Waals surface area contributed by atoms with Gasteiger partial charge >= 0.3 is 7.67 Å². The van der Waals surface area contributed by atoms with E-state index in [4.69, 9.17) is 4.52 Å². The average Bonchev–Trinajstić information content (AvgIpc) is 3.53. The Hall–Kier alpha value is -2.05. The van der Waals surface area contributed by atoms with Crippen molar-refractivity contribution in [3.05, 3.63) is 63.7 Å². The summed E-state index contributed by atoms with van der Waals surface area (Å²) in [4.78, 5) is 11.2. The van der Waals surface area contributed by atoms with Crippen molar-refractivity contribution in [1.82, 2.24) is 9.34 Å². The van der Waals surface area contributed by atoms with Gasteiger partial charge in [-0.2, -0.15) is 0 Å². The Morgan fingerprint density at radius 3 is 2.26 bits per heavy atom. The van der Waals surface area contributed by atoms with E-state index in [-0.39, 0.29) is 10.6 Å². The monoisotopic (exact) mass is 387 g/mol. The lowest BCUT2D eigenvalue weighted by Gasteiger charge is -2.24. The molecule has 0 saturated carbocycles. The van der Waals surface area contributed by atoms with Crippen LogP contribution in [0, 0.1) is 17.0 Å². The fraction of sp³-hybridized carbons (Fsp3) is 0.368. The van der Waals surface area contributed by atoms with Gasteiger partial charge < -0.3 is 0 Å². The first kappa shape index (κ1) is 18.3. The second kappa shape index (κ2) is 6.84. The highest BCUT2D eigenvalue weighted by atomic mass is 31.2. The van der Waals surface area contributed by atoms with E-state index in [1.54, 1.807) is 12.1 Å². The molecule has 2 aromatic carbocycles. The summed E-state index contributed by atoms with van der Waals surface area (Å²) in [5.74, 6) is 0. The number of nitrogens with zero attached hydrogens (tertiary/aromatic N) is 3. The first-order valence-electron chi connectivity index (χ1n) is 9.04. The van der Waals surface area contributed by atoms with Gasteiger partial charge in [0.05, 0.1) is 16.6 Å². The van der Waals surface area contributed by atoms with Crippen LogP contribution < -0.4 is 0 Å². The molecular formula is C19H22N3O4P. The van der Waals surface area contributed by atoms with Gasteiger partial charge in [0.2, 0.25) is 0 Å². The van der Waals surface area contributed by atoms with Crippen LogP contribution in [0.25, 0.3) is 11.1 Å². The summed E-state index contributed by atoms with van der Waals surface area (Å²) in [6.07, 6.45) is -0.430. The summed E-state index contributed by atoms with van der Waals surface area (Å²) in [6.45, 7) is 6.93. The highest BCUT2D eigenvalue weighted by Crippen LogP contribution is 2.63. The van der Waals surface area contributed by atoms with Gasteiger partial charge in [0.1, 0.15) is 0 Å². The van der Waals surface area contributed by atoms with Crippen LogP contribution in [0.1, 0.15) is 24.2 Å². The number of hydrogen-bond donors (Lipinski definition) is 0. The molecule has 4 rings (SSSR count). The maximum absolute atomic E-state index is 13.2. The molecule has 1 atom stereocenters. The van der Waals surface area contributed by atoms with E-state index >= 15 is 0 Å². The van der Waals surface area contributed by atoms with Crippen molar-refractivity contribution < 1.29 is 14.0 Å². The second-order valence-electron chi connectivity index (χ2n) is 6.99. The molecule has 2 aliphatic heterocycles. The largest absolute Gasteiger partial charge is 0.346 e. The summed E-state index contributed by atoms with van der Waals surface area (Å²) in [5, 5.41) is 11.5. The van der Waals surface area contributed by atoms with E-state index in [2.05, 4.69) is 0 Å². The van der Waals surface area contributed by atoms with Gasteiger partial charge in [0.25, 0.3) is 5.69 Å². The van der Waals surface area contributed by atoms with Gasteiger partial charge in [-0.1, -0.05) is 24.3 Å². The van der Waals surface area contributed by atoms with Crippen molar-refractivity contribution in [2.75, 3.05) is 26.2 Å². The minimum absolute atomic E-state index is 0.0559. The fourth-order valence-corrected chi connectivity index (χ4v) is 5.58. The second-order valence-corrected chi connectivity index (χ2v) is 9.32. The molecule has 0 amide bonds. The molecule has 0 spiro atoms. The Morgan fingerprint density at radius 2 is 1.70 bits per heavy atom. The summed E-state index contributed by atoms with van der Waals surface area (Å²) < 4.78 is 23.0. The van der Waals surface area contributed by atoms with E-state index in [0.29, 0.717) is 5.56 Å². The van der Waals surface area contributed by atoms with Crippen LogP contribution >= 0.6 is 7.67 Å². The number of hydrogen-bond acceptors (Lipinski definition) is 4. The molecule has 7 nitrogen and oxygen atoms in total. The molecule has 2 aliphatic rings. The average molecular weight is 387 g/mol. The van der Waals surface area contributed by atoms with Crippen LogP contribution in [0.15, 0.2) is 42.5 Å². The maximum Gasteiger partial charge on any atom is 0.346 e. The molecule has 2 aromatic rings. The van der Waals surface area contributed by atoms with Crippen LogP contribution in [0.4, 0.5) is 5.69 Å². The number of aryl methyl sites for hydroxylation is 1. The van der Waals surface area contributed by atoms with E-state index < -0.39 is 13.8 Å². The van der Waals surface area contributed by atoms with E-state index in [9.17, 15) is 14.7 Å². The Balaban J connectivity index is 1.69. The van der Waals surface area contributed by atoms with Crippen molar-refractivity contribution in [2.24, 2.45) is 0 Å². The third-order valence-corrected chi connectivity index (χ3v) is 7.80. The SMILES string of the molecule is Cc1ccccc1-c1cc(C(C)OP(=O)(N2CC2)N2CC2)ccc1[N+](=O)[O-]. The lowest BCUT2D eigenvalue weighted by molar-refractivity contribution is -0.384. The molecule has 1 unspecified atom stereocenters. The number of nitro benzene ring substituents is 1. The molecule has 27 heavy (non-hydrogen) atoms. The van der Waals surface area contributed by atoms with Crippen LogP contribution in [0.3, 0.4) is 0 Å². The third-order valence-electron chi connectivity index (χ3n) is 4.98. The van der Waals surface area contributed by atoms with Crippen LogP contribution in [-0.2, 0) is 9.09 Å². The van der Waals surface area contributed by atoms with Crippen LogP contribution in [0.2, 0.25) is 0 Å². The maximum atomic E-state index is 13.2. The molecular weight excluding hydrogens is 365 g/mol. The highest BCUT2D eigenvalue weighted by Gasteiger charge is 2.50. The Morgan fingerprint density at radius 1 is 1.07 bits per heavy atom. The van der Waals surface area contributed by atoms with E-state index in [1.165, 1.54) is 6.07 Å². The lowest BCUT2D eigenvalue weighted by atomic mass is 9.96. The lowest BCUT2D eigenvalue weighted by Crippen LogP contribution is -2.10. The van der Waals surface area contributed by atoms with Gasteiger partial charge in [-0.05, 0) is 42.7 Å². The zero-order valence-corrected chi connectivity index (χ0v) is 16.3. The van der Waals surface area contributed by atoms with E-state index in [0.717, 1.165) is 42.9 Å². The minimum Gasteiger partial charge on any atom is -0.298 e. The molecule has 0 aliphatic carbocycles. The zero-order chi connectivity index (χ0) is 19.2. The van der Waals surface area contributed by atoms with Crippen LogP contribution in [-0.4, -0.2) is 40.4 Å². The van der Waals surface area contributed by atoms with Crippen molar-refractivity contribution in [2.45, 2.75) is 20.0 Å². The van der Waals surface area contributed by atoms with Gasteiger partial charge in [-0.3, -0.25) is 19.2 Å². The van der Waals surface area contributed by atoms with E-state index in [1.807, 2.05) is 47.5 Å². The number of nitro groups is 1. The molecule has 8 heteroatoms. The van der Waals surface area contributed by atoms with Crippen molar-refractivity contribution in [3.8, 4) is 11.1 Å². The predicted octanol–water partition coefficient (Wildman–Crippen LogP) is 4.39. The Bertz CT molecular complexity index is 924. The molecule has 0 bridgehead atoms. The summed E-state index contributed by atoms with van der Waals surface area (Å²) in [7, 11) is -2.96. The predicted molar refractivity (Wildman–Crippen MR) is 104 cm³/mol. The zero-order valence-electron chi connectivity index (χ0n) is 15.4. The minimum atomic E-state index is -2.96.